The fourth-order valence-electron chi connectivity index (χ4n) is 1.83. The highest BCUT2D eigenvalue weighted by Gasteiger charge is 2.29. The Morgan fingerprint density at radius 1 is 1.08 bits per heavy atom. The van der Waals surface area contributed by atoms with Gasteiger partial charge < -0.3 is 10.4 Å². The molecule has 4 nitrogen and oxygen atoms in total. The minimum atomic E-state index is -4.45. The van der Waals surface area contributed by atoms with Gasteiger partial charge in [-0.25, -0.2) is 0 Å². The normalized spacial score (nSPS) is 11.7. The number of carbonyl (C=O) groups excluding carboxylic acids is 1. The van der Waals surface area contributed by atoms with Gasteiger partial charge in [0.05, 0.1) is 5.56 Å². The summed E-state index contributed by atoms with van der Waals surface area (Å²) in [4.78, 5) is 12.0. The molecule has 1 amide bonds. The first-order chi connectivity index (χ1) is 11.3. The molecule has 0 aliphatic rings. The van der Waals surface area contributed by atoms with Gasteiger partial charge in [-0.2, -0.15) is 18.4 Å². The van der Waals surface area contributed by atoms with Gasteiger partial charge in [0.15, 0.2) is 0 Å². The largest absolute Gasteiger partial charge is 0.508 e. The Balaban J connectivity index is 2.18. The summed E-state index contributed by atoms with van der Waals surface area (Å²) in [5.41, 5.74) is -0.415. The summed E-state index contributed by atoms with van der Waals surface area (Å²) in [6.45, 7) is 0. The molecule has 0 radical (unpaired) electrons. The van der Waals surface area contributed by atoms with Gasteiger partial charge in [-0.15, -0.1) is 0 Å². The van der Waals surface area contributed by atoms with E-state index in [4.69, 9.17) is 10.4 Å². The van der Waals surface area contributed by atoms with Crippen molar-refractivity contribution < 1.29 is 23.1 Å². The minimum Gasteiger partial charge on any atom is -0.508 e. The van der Waals surface area contributed by atoms with Crippen molar-refractivity contribution in [2.24, 2.45) is 0 Å². The minimum absolute atomic E-state index is 0.0220. The molecule has 2 aromatic rings. The van der Waals surface area contributed by atoms with Crippen LogP contribution in [-0.2, 0) is 11.0 Å². The predicted molar refractivity (Wildman–Crippen MR) is 81.8 cm³/mol. The van der Waals surface area contributed by atoms with Crippen LogP contribution < -0.4 is 5.32 Å². The summed E-state index contributed by atoms with van der Waals surface area (Å²) in [6, 6.07) is 11.4. The number of halogens is 3. The lowest BCUT2D eigenvalue weighted by Gasteiger charge is -2.07. The van der Waals surface area contributed by atoms with Gasteiger partial charge in [-0.1, -0.05) is 12.1 Å². The Morgan fingerprint density at radius 3 is 2.17 bits per heavy atom. The molecule has 122 valence electrons. The van der Waals surface area contributed by atoms with E-state index in [0.29, 0.717) is 11.3 Å². The number of anilines is 1. The first-order valence-electron chi connectivity index (χ1n) is 6.69. The maximum Gasteiger partial charge on any atom is 0.416 e. The molecule has 2 rings (SSSR count). The molecule has 0 heterocycles. The van der Waals surface area contributed by atoms with Crippen molar-refractivity contribution in [1.82, 2.24) is 0 Å². The molecule has 7 heteroatoms. The van der Waals surface area contributed by atoms with E-state index < -0.39 is 17.6 Å². The standard InChI is InChI=1S/C17H11F3N2O2/c18-17(19,20)13-3-1-11(2-4-13)9-12(10-21)16(24)22-14-5-7-15(23)8-6-14/h1-9,23H,(H,22,24)/b12-9-. The second-order valence-electron chi connectivity index (χ2n) is 4.79. The third-order valence-corrected chi connectivity index (χ3v) is 3.04. The van der Waals surface area contributed by atoms with Gasteiger partial charge in [-0.05, 0) is 48.0 Å². The van der Waals surface area contributed by atoms with Gasteiger partial charge in [-0.3, -0.25) is 4.79 Å². The molecule has 0 aromatic heterocycles. The number of nitrogens with zero attached hydrogens (tertiary/aromatic N) is 1. The molecule has 0 unspecified atom stereocenters. The van der Waals surface area contributed by atoms with Crippen molar-refractivity contribution >= 4 is 17.7 Å². The molecule has 0 fully saturated rings. The monoisotopic (exact) mass is 332 g/mol. The van der Waals surface area contributed by atoms with Crippen molar-refractivity contribution in [2.45, 2.75) is 6.18 Å². The van der Waals surface area contributed by atoms with Crippen LogP contribution >= 0.6 is 0 Å². The Kier molecular flexibility index (Phi) is 4.90. The van der Waals surface area contributed by atoms with E-state index >= 15 is 0 Å². The van der Waals surface area contributed by atoms with Crippen LogP contribution in [0, 0.1) is 11.3 Å². The Hall–Kier alpha value is -3.27. The maximum absolute atomic E-state index is 12.5. The quantitative estimate of drug-likeness (QED) is 0.508. The molecule has 0 saturated heterocycles. The van der Waals surface area contributed by atoms with E-state index in [-0.39, 0.29) is 11.3 Å². The van der Waals surface area contributed by atoms with E-state index in [2.05, 4.69) is 5.32 Å². The number of carbonyl (C=O) groups is 1. The third-order valence-electron chi connectivity index (χ3n) is 3.04. The predicted octanol–water partition coefficient (Wildman–Crippen LogP) is 3.96. The van der Waals surface area contributed by atoms with Gasteiger partial charge >= 0.3 is 6.18 Å². The zero-order valence-electron chi connectivity index (χ0n) is 12.1. The summed E-state index contributed by atoms with van der Waals surface area (Å²) < 4.78 is 37.5. The van der Waals surface area contributed by atoms with Crippen LogP contribution in [0.3, 0.4) is 0 Å². The number of hydrogen-bond donors (Lipinski definition) is 2. The molecule has 0 atom stereocenters. The number of aromatic hydroxyl groups is 1. The molecule has 0 spiro atoms. The number of phenols is 1. The number of amides is 1. The summed E-state index contributed by atoms with van der Waals surface area (Å²) in [6.07, 6.45) is -3.26. The molecule has 0 aliphatic heterocycles. The first-order valence-corrected chi connectivity index (χ1v) is 6.69. The molecule has 2 aromatic carbocycles. The van der Waals surface area contributed by atoms with Gasteiger partial charge in [0, 0.05) is 5.69 Å². The molecule has 0 saturated carbocycles. The van der Waals surface area contributed by atoms with E-state index in [1.807, 2.05) is 0 Å². The molecular formula is C17H11F3N2O2. The summed E-state index contributed by atoms with van der Waals surface area (Å²) in [5.74, 6) is -0.683. The second kappa shape index (κ2) is 6.87. The van der Waals surface area contributed by atoms with Crippen LogP contribution in [0.1, 0.15) is 11.1 Å². The average Bonchev–Trinajstić information content (AvgIpc) is 2.54. The van der Waals surface area contributed by atoms with Crippen molar-refractivity contribution in [3.8, 4) is 11.8 Å². The topological polar surface area (TPSA) is 73.1 Å². The number of rotatable bonds is 3. The number of alkyl halides is 3. The zero-order chi connectivity index (χ0) is 17.7. The smallest absolute Gasteiger partial charge is 0.416 e. The molecular weight excluding hydrogens is 321 g/mol. The van der Waals surface area contributed by atoms with E-state index in [1.165, 1.54) is 42.5 Å². The number of hydrogen-bond acceptors (Lipinski definition) is 3. The van der Waals surface area contributed by atoms with Gasteiger partial charge in [0.1, 0.15) is 17.4 Å². The lowest BCUT2D eigenvalue weighted by atomic mass is 10.1. The summed E-state index contributed by atoms with van der Waals surface area (Å²) in [5, 5.41) is 20.7. The van der Waals surface area contributed by atoms with Crippen LogP contribution in [0.5, 0.6) is 5.75 Å². The van der Waals surface area contributed by atoms with Crippen LogP contribution in [0.15, 0.2) is 54.1 Å². The van der Waals surface area contributed by atoms with Crippen LogP contribution in [-0.4, -0.2) is 11.0 Å². The van der Waals surface area contributed by atoms with E-state index in [1.54, 1.807) is 6.07 Å². The fourth-order valence-corrected chi connectivity index (χ4v) is 1.83. The lowest BCUT2D eigenvalue weighted by molar-refractivity contribution is -0.137. The van der Waals surface area contributed by atoms with Crippen LogP contribution in [0.2, 0.25) is 0 Å². The highest BCUT2D eigenvalue weighted by Crippen LogP contribution is 2.29. The van der Waals surface area contributed by atoms with Crippen molar-refractivity contribution in [2.75, 3.05) is 5.32 Å². The second-order valence-corrected chi connectivity index (χ2v) is 4.79. The number of benzene rings is 2. The molecule has 0 bridgehead atoms. The number of nitriles is 1. The number of phenolic OH excluding ortho intramolecular Hbond substituents is 1. The Labute approximate surface area is 135 Å². The van der Waals surface area contributed by atoms with E-state index in [0.717, 1.165) is 12.1 Å². The van der Waals surface area contributed by atoms with Gasteiger partial charge in [0.2, 0.25) is 0 Å². The Bertz CT molecular complexity index is 802. The molecule has 2 N–H and O–H groups in total. The van der Waals surface area contributed by atoms with Gasteiger partial charge in [0.25, 0.3) is 5.91 Å². The SMILES string of the molecule is N#C/C(=C/c1ccc(C(F)(F)F)cc1)C(=O)Nc1ccc(O)cc1. The highest BCUT2D eigenvalue weighted by atomic mass is 19.4. The fraction of sp³-hybridized carbons (Fsp3) is 0.0588. The van der Waals surface area contributed by atoms with E-state index in [9.17, 15) is 18.0 Å². The summed E-state index contributed by atoms with van der Waals surface area (Å²) in [7, 11) is 0. The summed E-state index contributed by atoms with van der Waals surface area (Å²) >= 11 is 0. The number of nitrogens with one attached hydrogen (secondary N) is 1. The van der Waals surface area contributed by atoms with Crippen molar-refractivity contribution in [1.29, 1.82) is 5.26 Å². The average molecular weight is 332 g/mol. The maximum atomic E-state index is 12.5. The highest BCUT2D eigenvalue weighted by molar-refractivity contribution is 6.09. The Morgan fingerprint density at radius 2 is 1.67 bits per heavy atom. The van der Waals surface area contributed by atoms with Crippen molar-refractivity contribution in [3.63, 3.8) is 0 Å². The molecule has 24 heavy (non-hydrogen) atoms. The third kappa shape index (κ3) is 4.36. The first kappa shape index (κ1) is 17.1. The van der Waals surface area contributed by atoms with Crippen LogP contribution in [0.25, 0.3) is 6.08 Å². The zero-order valence-corrected chi connectivity index (χ0v) is 12.1. The molecule has 0 aliphatic carbocycles. The lowest BCUT2D eigenvalue weighted by Crippen LogP contribution is -2.13. The van der Waals surface area contributed by atoms with Crippen LogP contribution in [0.4, 0.5) is 18.9 Å². The van der Waals surface area contributed by atoms with Crippen molar-refractivity contribution in [3.05, 3.63) is 65.2 Å².